The fourth-order valence-corrected chi connectivity index (χ4v) is 5.56. The lowest BCUT2D eigenvalue weighted by molar-refractivity contribution is -0.152. The third-order valence-electron chi connectivity index (χ3n) is 7.60. The highest BCUT2D eigenvalue weighted by Gasteiger charge is 2.45. The van der Waals surface area contributed by atoms with E-state index in [9.17, 15) is 19.8 Å². The average Bonchev–Trinajstić information content (AvgIpc) is 3.31. The number of benzene rings is 2. The molecule has 1 saturated heterocycles. The first-order valence-corrected chi connectivity index (χ1v) is 19.6. The van der Waals surface area contributed by atoms with Gasteiger partial charge in [-0.15, -0.1) is 0 Å². The number of esters is 1. The molecule has 0 aliphatic carbocycles. The summed E-state index contributed by atoms with van der Waals surface area (Å²) in [4.78, 5) is 25.5. The lowest BCUT2D eigenvalue weighted by atomic mass is 9.99. The maximum atomic E-state index is 13.1. The highest BCUT2D eigenvalue weighted by molar-refractivity contribution is 6.76. The molecule has 0 amide bonds. The summed E-state index contributed by atoms with van der Waals surface area (Å²) in [6, 6.07) is 12.9. The van der Waals surface area contributed by atoms with Crippen molar-refractivity contribution in [1.82, 2.24) is 0 Å². The largest absolute Gasteiger partial charge is 0.494 e. The average molecular weight is 671 g/mol. The minimum Gasteiger partial charge on any atom is -0.494 e. The second kappa shape index (κ2) is 17.1. The van der Waals surface area contributed by atoms with Gasteiger partial charge in [0.15, 0.2) is 12.6 Å². The van der Waals surface area contributed by atoms with Gasteiger partial charge in [0, 0.05) is 21.3 Å². The highest BCUT2D eigenvalue weighted by atomic mass is 28.3. The van der Waals surface area contributed by atoms with E-state index in [2.05, 4.69) is 19.6 Å². The molecule has 0 bridgehead atoms. The molecule has 47 heavy (non-hydrogen) atoms. The molecule has 5 atom stereocenters. The van der Waals surface area contributed by atoms with Crippen LogP contribution in [0.3, 0.4) is 0 Å². The number of rotatable bonds is 17. The molecule has 11 heteroatoms. The van der Waals surface area contributed by atoms with Crippen LogP contribution in [0, 0.1) is 5.92 Å². The lowest BCUT2D eigenvalue weighted by Gasteiger charge is -2.25. The number of aromatic carboxylic acids is 1. The highest BCUT2D eigenvalue weighted by Crippen LogP contribution is 2.35. The van der Waals surface area contributed by atoms with Gasteiger partial charge in [0.25, 0.3) is 0 Å². The Morgan fingerprint density at radius 3 is 2.36 bits per heavy atom. The predicted octanol–water partition coefficient (Wildman–Crippen LogP) is 6.81. The zero-order chi connectivity index (χ0) is 34.8. The second-order valence-electron chi connectivity index (χ2n) is 13.4. The van der Waals surface area contributed by atoms with Gasteiger partial charge in [-0.2, -0.15) is 0 Å². The number of hydrogen-bond acceptors (Lipinski definition) is 9. The lowest BCUT2D eigenvalue weighted by Crippen LogP contribution is -2.37. The van der Waals surface area contributed by atoms with Crippen LogP contribution in [0.4, 0.5) is 0 Å². The van der Waals surface area contributed by atoms with Crippen molar-refractivity contribution in [2.45, 2.75) is 90.0 Å². The molecule has 1 aliphatic heterocycles. The Morgan fingerprint density at radius 2 is 1.74 bits per heavy atom. The van der Waals surface area contributed by atoms with Gasteiger partial charge in [0.2, 0.25) is 0 Å². The fourth-order valence-electron chi connectivity index (χ4n) is 4.85. The van der Waals surface area contributed by atoms with E-state index >= 15 is 0 Å². The first kappa shape index (κ1) is 38.0. The molecule has 2 aromatic carbocycles. The first-order valence-electron chi connectivity index (χ1n) is 15.9. The van der Waals surface area contributed by atoms with Gasteiger partial charge in [-0.05, 0) is 69.0 Å². The zero-order valence-corrected chi connectivity index (χ0v) is 29.7. The van der Waals surface area contributed by atoms with Crippen LogP contribution in [0.2, 0.25) is 25.7 Å². The number of carbonyl (C=O) groups excluding carboxylic acids is 1. The minimum atomic E-state index is -1.36. The molecule has 0 aromatic heterocycles. The van der Waals surface area contributed by atoms with Crippen LogP contribution in [-0.2, 0) is 18.9 Å². The van der Waals surface area contributed by atoms with Crippen molar-refractivity contribution >= 4 is 26.1 Å². The molecule has 10 nitrogen and oxygen atoms in total. The van der Waals surface area contributed by atoms with Gasteiger partial charge < -0.3 is 38.6 Å². The van der Waals surface area contributed by atoms with E-state index in [4.69, 9.17) is 28.4 Å². The standard InChI is InChI=1S/C36H50O10Si/c1-24(25(2)37)17-18-29(44-35(40)26-13-10-9-11-14-26)33-30(45-36(3,4)46-33)16-12-15-27-21-28(42-19-20-47(6,7)8)22-31(43-23-41-5)32(27)34(38)39/h9-15,17-18,21-22,24-25,29-30,33,37H,16,19-20,23H2,1-8H3,(H,38,39)/b15-12+,18-17-/t24?,25?,29?,30-,33-/m1/s1. The number of aliphatic hydroxyl groups excluding tert-OH is 1. The number of carbonyl (C=O) groups is 2. The van der Waals surface area contributed by atoms with Crippen LogP contribution < -0.4 is 9.47 Å². The predicted molar refractivity (Wildman–Crippen MR) is 183 cm³/mol. The molecule has 1 aliphatic rings. The summed E-state index contributed by atoms with van der Waals surface area (Å²) in [6.07, 6.45) is 4.62. The van der Waals surface area contributed by atoms with Gasteiger partial charge in [-0.3, -0.25) is 0 Å². The number of methoxy groups -OCH3 is 1. The second-order valence-corrected chi connectivity index (χ2v) is 19.0. The molecule has 0 spiro atoms. The maximum Gasteiger partial charge on any atom is 0.340 e. The molecule has 1 heterocycles. The summed E-state index contributed by atoms with van der Waals surface area (Å²) in [6.45, 7) is 14.3. The molecule has 2 N–H and O–H groups in total. The van der Waals surface area contributed by atoms with E-state index < -0.39 is 50.2 Å². The molecule has 3 unspecified atom stereocenters. The molecular formula is C36H50O10Si. The van der Waals surface area contributed by atoms with Crippen LogP contribution in [-0.4, -0.2) is 80.9 Å². The SMILES string of the molecule is COCOc1cc(OCC[Si](C)(C)C)cc(/C=C/C[C@H]2OC(C)(C)O[C@@H]2C(/C=C\C(C)C(C)O)OC(=O)c2ccccc2)c1C(=O)O. The monoisotopic (exact) mass is 670 g/mol. The third-order valence-corrected chi connectivity index (χ3v) is 9.31. The fraction of sp³-hybridized carbons (Fsp3) is 0.500. The Balaban J connectivity index is 1.93. The number of carboxylic acid groups (broad SMARTS) is 1. The van der Waals surface area contributed by atoms with E-state index in [1.165, 1.54) is 7.11 Å². The van der Waals surface area contributed by atoms with Gasteiger partial charge in [0.1, 0.15) is 29.3 Å². The van der Waals surface area contributed by atoms with E-state index in [0.29, 0.717) is 29.9 Å². The number of ether oxygens (including phenoxy) is 6. The quantitative estimate of drug-likeness (QED) is 0.0802. The Labute approximate surface area is 279 Å². The molecule has 3 rings (SSSR count). The van der Waals surface area contributed by atoms with Crippen molar-refractivity contribution in [2.75, 3.05) is 20.5 Å². The zero-order valence-electron chi connectivity index (χ0n) is 28.7. The van der Waals surface area contributed by atoms with Crippen LogP contribution in [0.1, 0.15) is 60.4 Å². The summed E-state index contributed by atoms with van der Waals surface area (Å²) in [5, 5.41) is 20.2. The maximum absolute atomic E-state index is 13.1. The molecule has 0 radical (unpaired) electrons. The van der Waals surface area contributed by atoms with Gasteiger partial charge in [-0.25, -0.2) is 9.59 Å². The first-order chi connectivity index (χ1) is 22.1. The van der Waals surface area contributed by atoms with Crippen LogP contribution in [0.25, 0.3) is 6.08 Å². The number of aliphatic hydroxyl groups is 1. The minimum absolute atomic E-state index is 0.0268. The Bertz CT molecular complexity index is 1380. The summed E-state index contributed by atoms with van der Waals surface area (Å²) in [5.41, 5.74) is 0.756. The summed E-state index contributed by atoms with van der Waals surface area (Å²) in [5.74, 6) is -2.24. The topological polar surface area (TPSA) is 130 Å². The third kappa shape index (κ3) is 11.9. The van der Waals surface area contributed by atoms with Crippen molar-refractivity contribution in [3.05, 3.63) is 77.4 Å². The number of hydrogen-bond donors (Lipinski definition) is 2. The van der Waals surface area contributed by atoms with E-state index in [1.54, 1.807) is 81.5 Å². The van der Waals surface area contributed by atoms with Gasteiger partial charge in [-0.1, -0.05) is 63.0 Å². The van der Waals surface area contributed by atoms with Crippen molar-refractivity contribution in [2.24, 2.45) is 5.92 Å². The Morgan fingerprint density at radius 1 is 1.04 bits per heavy atom. The van der Waals surface area contributed by atoms with Crippen LogP contribution >= 0.6 is 0 Å². The van der Waals surface area contributed by atoms with Gasteiger partial charge >= 0.3 is 11.9 Å². The summed E-state index contributed by atoms with van der Waals surface area (Å²) in [7, 11) is 0.101. The molecule has 0 saturated carbocycles. The van der Waals surface area contributed by atoms with Crippen molar-refractivity contribution < 1.29 is 48.2 Å². The molecule has 258 valence electrons. The van der Waals surface area contributed by atoms with Gasteiger partial charge in [0.05, 0.1) is 24.4 Å². The van der Waals surface area contributed by atoms with Crippen LogP contribution in [0.5, 0.6) is 11.5 Å². The van der Waals surface area contributed by atoms with E-state index in [1.807, 2.05) is 13.0 Å². The Hall–Kier alpha value is -3.48. The normalized spacial score (nSPS) is 19.9. The van der Waals surface area contributed by atoms with Crippen molar-refractivity contribution in [3.63, 3.8) is 0 Å². The van der Waals surface area contributed by atoms with E-state index in [0.717, 1.165) is 6.04 Å². The summed E-state index contributed by atoms with van der Waals surface area (Å²) < 4.78 is 35.2. The number of carboxylic acids is 1. The van der Waals surface area contributed by atoms with Crippen molar-refractivity contribution in [1.29, 1.82) is 0 Å². The molecule has 2 aromatic rings. The van der Waals surface area contributed by atoms with Crippen LogP contribution in [0.15, 0.2) is 60.7 Å². The Kier molecular flexibility index (Phi) is 13.8. The molecular weight excluding hydrogens is 620 g/mol. The van der Waals surface area contributed by atoms with Crippen molar-refractivity contribution in [3.8, 4) is 11.5 Å². The van der Waals surface area contributed by atoms with E-state index in [-0.39, 0.29) is 24.0 Å². The summed E-state index contributed by atoms with van der Waals surface area (Å²) >= 11 is 0. The smallest absolute Gasteiger partial charge is 0.340 e. The molecule has 1 fully saturated rings.